The maximum atomic E-state index is 12.6. The molecule has 1 heterocycles. The van der Waals surface area contributed by atoms with Crippen LogP contribution in [0.25, 0.3) is 10.8 Å². The molecule has 0 amide bonds. The number of hydrogen-bond acceptors (Lipinski definition) is 4. The van der Waals surface area contributed by atoms with Crippen LogP contribution in [0.15, 0.2) is 41.6 Å². The van der Waals surface area contributed by atoms with E-state index < -0.39 is 10.0 Å². The average Bonchev–Trinajstić information content (AvgIpc) is 2.50. The molecule has 0 aliphatic heterocycles. The second-order valence-electron chi connectivity index (χ2n) is 5.05. The molecule has 0 bridgehead atoms. The van der Waals surface area contributed by atoms with Gasteiger partial charge in [-0.1, -0.05) is 31.9 Å². The number of aromatic nitrogens is 1. The molecular weight excluding hydrogens is 286 g/mol. The summed E-state index contributed by atoms with van der Waals surface area (Å²) in [5.74, 6) is 0. The molecule has 6 heteroatoms. The summed E-state index contributed by atoms with van der Waals surface area (Å²) in [6.45, 7) is 2.37. The van der Waals surface area contributed by atoms with Gasteiger partial charge in [-0.2, -0.15) is 0 Å². The van der Waals surface area contributed by atoms with Gasteiger partial charge in [-0.25, -0.2) is 13.1 Å². The third-order valence-electron chi connectivity index (χ3n) is 3.44. The van der Waals surface area contributed by atoms with Gasteiger partial charge in [-0.15, -0.1) is 0 Å². The van der Waals surface area contributed by atoms with E-state index in [2.05, 4.69) is 16.6 Å². The number of sulfonamides is 1. The predicted octanol–water partition coefficient (Wildman–Crippen LogP) is 2.03. The molecule has 21 heavy (non-hydrogen) atoms. The van der Waals surface area contributed by atoms with Gasteiger partial charge in [0.2, 0.25) is 10.0 Å². The van der Waals surface area contributed by atoms with Crippen LogP contribution in [0.2, 0.25) is 0 Å². The Kier molecular flexibility index (Phi) is 5.27. The standard InChI is InChI=1S/C15H21N3O2S/c1-2-3-6-13(10-16)18-21(19,20)15-7-4-5-12-11-17-9-8-14(12)15/h4-5,7-9,11,13,18H,2-3,6,10,16H2,1H3. The molecule has 2 rings (SSSR count). The van der Waals surface area contributed by atoms with Gasteiger partial charge in [0.25, 0.3) is 0 Å². The Morgan fingerprint density at radius 2 is 2.14 bits per heavy atom. The van der Waals surface area contributed by atoms with Gasteiger partial charge in [0.15, 0.2) is 0 Å². The lowest BCUT2D eigenvalue weighted by atomic mass is 10.1. The number of nitrogens with zero attached hydrogens (tertiary/aromatic N) is 1. The Balaban J connectivity index is 2.33. The van der Waals surface area contributed by atoms with Crippen molar-refractivity contribution >= 4 is 20.8 Å². The van der Waals surface area contributed by atoms with Crippen LogP contribution in [0, 0.1) is 0 Å². The Morgan fingerprint density at radius 1 is 1.33 bits per heavy atom. The lowest BCUT2D eigenvalue weighted by molar-refractivity contribution is 0.517. The van der Waals surface area contributed by atoms with E-state index in [4.69, 9.17) is 5.73 Å². The molecular formula is C15H21N3O2S. The fourth-order valence-electron chi connectivity index (χ4n) is 2.29. The molecule has 5 nitrogen and oxygen atoms in total. The second-order valence-corrected chi connectivity index (χ2v) is 6.73. The van der Waals surface area contributed by atoms with Gasteiger partial charge in [0, 0.05) is 35.8 Å². The first kappa shape index (κ1) is 15.9. The first-order chi connectivity index (χ1) is 10.1. The van der Waals surface area contributed by atoms with E-state index in [1.807, 2.05) is 6.07 Å². The van der Waals surface area contributed by atoms with Crippen LogP contribution in [0.3, 0.4) is 0 Å². The highest BCUT2D eigenvalue weighted by molar-refractivity contribution is 7.89. The van der Waals surface area contributed by atoms with Gasteiger partial charge in [0.1, 0.15) is 0 Å². The van der Waals surface area contributed by atoms with Crippen LogP contribution in [0.4, 0.5) is 0 Å². The average molecular weight is 307 g/mol. The summed E-state index contributed by atoms with van der Waals surface area (Å²) in [5, 5.41) is 1.48. The molecule has 0 saturated carbocycles. The summed E-state index contributed by atoms with van der Waals surface area (Å²) in [7, 11) is -3.59. The Labute approximate surface area is 125 Å². The molecule has 1 aromatic carbocycles. The monoisotopic (exact) mass is 307 g/mol. The van der Waals surface area contributed by atoms with Crippen molar-refractivity contribution in [1.29, 1.82) is 0 Å². The SMILES string of the molecule is CCCCC(CN)NS(=O)(=O)c1cccc2cnccc12. The van der Waals surface area contributed by atoms with E-state index in [1.54, 1.807) is 30.6 Å². The molecule has 0 radical (unpaired) electrons. The summed E-state index contributed by atoms with van der Waals surface area (Å²) < 4.78 is 27.9. The van der Waals surface area contributed by atoms with E-state index in [9.17, 15) is 8.42 Å². The maximum absolute atomic E-state index is 12.6. The van der Waals surface area contributed by atoms with Crippen molar-refractivity contribution in [2.24, 2.45) is 5.73 Å². The molecule has 0 aliphatic rings. The lowest BCUT2D eigenvalue weighted by Gasteiger charge is -2.17. The van der Waals surface area contributed by atoms with Crippen molar-refractivity contribution in [3.8, 4) is 0 Å². The van der Waals surface area contributed by atoms with Crippen LogP contribution in [0.1, 0.15) is 26.2 Å². The lowest BCUT2D eigenvalue weighted by Crippen LogP contribution is -2.40. The van der Waals surface area contributed by atoms with Crippen LogP contribution < -0.4 is 10.5 Å². The largest absolute Gasteiger partial charge is 0.329 e. The number of pyridine rings is 1. The predicted molar refractivity (Wildman–Crippen MR) is 84.4 cm³/mol. The molecule has 114 valence electrons. The summed E-state index contributed by atoms with van der Waals surface area (Å²) in [6.07, 6.45) is 5.96. The summed E-state index contributed by atoms with van der Waals surface area (Å²) in [5.41, 5.74) is 5.67. The molecule has 1 aromatic heterocycles. The maximum Gasteiger partial charge on any atom is 0.241 e. The van der Waals surface area contributed by atoms with Crippen molar-refractivity contribution in [2.75, 3.05) is 6.54 Å². The summed E-state index contributed by atoms with van der Waals surface area (Å²) in [6, 6.07) is 6.67. The highest BCUT2D eigenvalue weighted by Crippen LogP contribution is 2.22. The zero-order chi connectivity index (χ0) is 15.3. The van der Waals surface area contributed by atoms with Crippen molar-refractivity contribution in [3.05, 3.63) is 36.7 Å². The van der Waals surface area contributed by atoms with Gasteiger partial charge in [-0.05, 0) is 18.6 Å². The summed E-state index contributed by atoms with van der Waals surface area (Å²) >= 11 is 0. The fourth-order valence-corrected chi connectivity index (χ4v) is 3.80. The van der Waals surface area contributed by atoms with Gasteiger partial charge in [-0.3, -0.25) is 4.98 Å². The number of benzene rings is 1. The van der Waals surface area contributed by atoms with Crippen LogP contribution in [-0.2, 0) is 10.0 Å². The number of hydrogen-bond donors (Lipinski definition) is 2. The molecule has 0 aliphatic carbocycles. The topological polar surface area (TPSA) is 85.1 Å². The van der Waals surface area contributed by atoms with Crippen molar-refractivity contribution in [3.63, 3.8) is 0 Å². The highest BCUT2D eigenvalue weighted by atomic mass is 32.2. The van der Waals surface area contributed by atoms with E-state index in [0.717, 1.165) is 24.6 Å². The molecule has 0 saturated heterocycles. The molecule has 3 N–H and O–H groups in total. The Bertz CT molecular complexity index is 696. The van der Waals surface area contributed by atoms with Crippen molar-refractivity contribution in [1.82, 2.24) is 9.71 Å². The van der Waals surface area contributed by atoms with Crippen LogP contribution in [0.5, 0.6) is 0 Å². The minimum absolute atomic E-state index is 0.230. The summed E-state index contributed by atoms with van der Waals surface area (Å²) in [4.78, 5) is 4.29. The first-order valence-corrected chi connectivity index (χ1v) is 8.62. The fraction of sp³-hybridized carbons (Fsp3) is 0.400. The van der Waals surface area contributed by atoms with E-state index in [0.29, 0.717) is 11.9 Å². The van der Waals surface area contributed by atoms with E-state index in [1.165, 1.54) is 0 Å². The normalized spacial score (nSPS) is 13.4. The number of fused-ring (bicyclic) bond motifs is 1. The number of rotatable bonds is 7. The molecule has 2 aromatic rings. The minimum Gasteiger partial charge on any atom is -0.329 e. The third kappa shape index (κ3) is 3.78. The molecule has 0 fully saturated rings. The molecule has 1 unspecified atom stereocenters. The number of nitrogens with two attached hydrogens (primary N) is 1. The van der Waals surface area contributed by atoms with E-state index in [-0.39, 0.29) is 10.9 Å². The van der Waals surface area contributed by atoms with Gasteiger partial charge >= 0.3 is 0 Å². The third-order valence-corrected chi connectivity index (χ3v) is 5.02. The Morgan fingerprint density at radius 3 is 2.86 bits per heavy atom. The quantitative estimate of drug-likeness (QED) is 0.819. The Hall–Kier alpha value is -1.50. The second kappa shape index (κ2) is 6.98. The van der Waals surface area contributed by atoms with Crippen molar-refractivity contribution < 1.29 is 8.42 Å². The molecule has 0 spiro atoms. The van der Waals surface area contributed by atoms with E-state index >= 15 is 0 Å². The minimum atomic E-state index is -3.59. The zero-order valence-corrected chi connectivity index (χ0v) is 12.9. The van der Waals surface area contributed by atoms with Gasteiger partial charge < -0.3 is 5.73 Å². The smallest absolute Gasteiger partial charge is 0.241 e. The zero-order valence-electron chi connectivity index (χ0n) is 12.1. The van der Waals surface area contributed by atoms with Crippen LogP contribution in [-0.4, -0.2) is 26.0 Å². The number of nitrogens with one attached hydrogen (secondary N) is 1. The molecule has 1 atom stereocenters. The first-order valence-electron chi connectivity index (χ1n) is 7.13. The van der Waals surface area contributed by atoms with Crippen LogP contribution >= 0.6 is 0 Å². The number of unbranched alkanes of at least 4 members (excludes halogenated alkanes) is 1. The van der Waals surface area contributed by atoms with Crippen molar-refractivity contribution in [2.45, 2.75) is 37.1 Å². The highest BCUT2D eigenvalue weighted by Gasteiger charge is 2.20. The van der Waals surface area contributed by atoms with Gasteiger partial charge in [0.05, 0.1) is 4.90 Å².